The number of hydrogen-bond donors (Lipinski definition) is 3. The summed E-state index contributed by atoms with van der Waals surface area (Å²) in [5.74, 6) is -3.52. The van der Waals surface area contributed by atoms with Gasteiger partial charge in [-0.2, -0.15) is 5.26 Å². The molecule has 10 heteroatoms. The number of anilines is 3. The average Bonchev–Trinajstić information content (AvgIpc) is 2.81. The lowest BCUT2D eigenvalue weighted by Gasteiger charge is -2.22. The molecule has 0 aliphatic rings. The van der Waals surface area contributed by atoms with Crippen LogP contribution < -0.4 is 15.5 Å². The lowest BCUT2D eigenvalue weighted by Crippen LogP contribution is -2.19. The van der Waals surface area contributed by atoms with E-state index in [0.29, 0.717) is 5.69 Å². The van der Waals surface area contributed by atoms with Crippen molar-refractivity contribution in [2.75, 3.05) is 29.6 Å². The molecule has 0 fully saturated rings. The zero-order valence-corrected chi connectivity index (χ0v) is 18.7. The van der Waals surface area contributed by atoms with Crippen LogP contribution in [0.3, 0.4) is 0 Å². The molecule has 178 valence electrons. The Kier molecular flexibility index (Phi) is 7.41. The van der Waals surface area contributed by atoms with E-state index in [2.05, 4.69) is 10.6 Å². The van der Waals surface area contributed by atoms with E-state index in [1.807, 2.05) is 6.07 Å². The molecule has 0 bridgehead atoms. The second-order valence-corrected chi connectivity index (χ2v) is 7.68. The van der Waals surface area contributed by atoms with E-state index in [1.54, 1.807) is 19.0 Å². The van der Waals surface area contributed by atoms with Gasteiger partial charge in [-0.25, -0.2) is 13.6 Å². The van der Waals surface area contributed by atoms with E-state index in [9.17, 15) is 28.3 Å². The molecule has 8 nitrogen and oxygen atoms in total. The van der Waals surface area contributed by atoms with Gasteiger partial charge in [0.1, 0.15) is 0 Å². The SMILES string of the molecule is CN(C)c1cc(NC(=O)O)c(NC(=O)CC(=O)c2cccc(C#N)c2)cc1-c1cccc(F)c1F. The van der Waals surface area contributed by atoms with Crippen LogP contribution in [0.2, 0.25) is 0 Å². The van der Waals surface area contributed by atoms with Gasteiger partial charge in [0.15, 0.2) is 17.4 Å². The van der Waals surface area contributed by atoms with Gasteiger partial charge in [-0.15, -0.1) is 0 Å². The summed E-state index contributed by atoms with van der Waals surface area (Å²) in [6, 6.07) is 14.0. The zero-order valence-electron chi connectivity index (χ0n) is 18.7. The number of carbonyl (C=O) groups excluding carboxylic acids is 2. The number of nitriles is 1. The number of benzene rings is 3. The highest BCUT2D eigenvalue weighted by Gasteiger charge is 2.21. The van der Waals surface area contributed by atoms with Gasteiger partial charge in [-0.05, 0) is 30.3 Å². The predicted octanol–water partition coefficient (Wildman–Crippen LogP) is 4.87. The van der Waals surface area contributed by atoms with Gasteiger partial charge in [0.05, 0.1) is 29.4 Å². The van der Waals surface area contributed by atoms with E-state index in [1.165, 1.54) is 48.5 Å². The molecule has 3 aromatic rings. The van der Waals surface area contributed by atoms with E-state index in [0.717, 1.165) is 6.07 Å². The van der Waals surface area contributed by atoms with Crippen molar-refractivity contribution in [1.82, 2.24) is 0 Å². The number of rotatable bonds is 7. The number of carboxylic acid groups (broad SMARTS) is 1. The summed E-state index contributed by atoms with van der Waals surface area (Å²) >= 11 is 0. The number of hydrogen-bond acceptors (Lipinski definition) is 5. The molecule has 3 aromatic carbocycles. The van der Waals surface area contributed by atoms with Crippen molar-refractivity contribution in [2.24, 2.45) is 0 Å². The highest BCUT2D eigenvalue weighted by atomic mass is 19.2. The van der Waals surface area contributed by atoms with Crippen molar-refractivity contribution in [1.29, 1.82) is 5.26 Å². The van der Waals surface area contributed by atoms with Gasteiger partial charge in [-0.3, -0.25) is 14.9 Å². The Morgan fingerprint density at radius 3 is 2.31 bits per heavy atom. The first-order valence-corrected chi connectivity index (χ1v) is 10.2. The van der Waals surface area contributed by atoms with Crippen LogP contribution in [-0.2, 0) is 4.79 Å². The molecule has 2 amide bonds. The van der Waals surface area contributed by atoms with Crippen LogP contribution in [0.5, 0.6) is 0 Å². The number of carbonyl (C=O) groups is 3. The molecule has 0 saturated carbocycles. The normalized spacial score (nSPS) is 10.3. The molecule has 0 heterocycles. The summed E-state index contributed by atoms with van der Waals surface area (Å²) in [5.41, 5.74) is 0.760. The van der Waals surface area contributed by atoms with Crippen molar-refractivity contribution >= 4 is 34.8 Å². The Bertz CT molecular complexity index is 1370. The maximum atomic E-state index is 14.6. The summed E-state index contributed by atoms with van der Waals surface area (Å²) in [4.78, 5) is 38.1. The smallest absolute Gasteiger partial charge is 0.409 e. The van der Waals surface area contributed by atoms with E-state index < -0.39 is 35.8 Å². The topological polar surface area (TPSA) is 123 Å². The standard InChI is InChI=1S/C25H20F2N4O4/c1-31(2)21-11-20(30-25(34)35)19(10-17(21)16-7-4-8-18(26)24(16)27)29-23(33)12-22(32)15-6-3-5-14(9-15)13-28/h3-11,30H,12H2,1-2H3,(H,29,33)(H,34,35). The molecule has 0 atom stereocenters. The fraction of sp³-hybridized carbons (Fsp3) is 0.120. The molecule has 3 N–H and O–H groups in total. The highest BCUT2D eigenvalue weighted by Crippen LogP contribution is 2.39. The number of nitrogens with one attached hydrogen (secondary N) is 2. The molecule has 0 spiro atoms. The number of nitrogens with zero attached hydrogens (tertiary/aromatic N) is 2. The molecule has 3 rings (SSSR count). The number of amides is 2. The first-order valence-electron chi connectivity index (χ1n) is 10.2. The van der Waals surface area contributed by atoms with Crippen molar-refractivity contribution in [3.05, 3.63) is 77.4 Å². The fourth-order valence-corrected chi connectivity index (χ4v) is 3.41. The van der Waals surface area contributed by atoms with Gasteiger partial charge >= 0.3 is 6.09 Å². The fourth-order valence-electron chi connectivity index (χ4n) is 3.41. The Balaban J connectivity index is 2.01. The monoisotopic (exact) mass is 478 g/mol. The minimum absolute atomic E-state index is 0.0333. The van der Waals surface area contributed by atoms with Gasteiger partial charge in [0.2, 0.25) is 5.91 Å². The molecule has 35 heavy (non-hydrogen) atoms. The first-order chi connectivity index (χ1) is 16.6. The van der Waals surface area contributed by atoms with Crippen LogP contribution in [0.25, 0.3) is 11.1 Å². The van der Waals surface area contributed by atoms with Crippen LogP contribution in [0.15, 0.2) is 54.6 Å². The zero-order chi connectivity index (χ0) is 25.7. The molecule has 0 aliphatic heterocycles. The number of ketones is 1. The van der Waals surface area contributed by atoms with Gasteiger partial charge in [0, 0.05) is 36.5 Å². The second kappa shape index (κ2) is 10.4. The third-order valence-electron chi connectivity index (χ3n) is 5.01. The van der Waals surface area contributed by atoms with Crippen LogP contribution >= 0.6 is 0 Å². The summed E-state index contributed by atoms with van der Waals surface area (Å²) in [6.45, 7) is 0. The number of halogens is 2. The van der Waals surface area contributed by atoms with Crippen molar-refractivity contribution in [3.63, 3.8) is 0 Å². The van der Waals surface area contributed by atoms with Crippen molar-refractivity contribution in [3.8, 4) is 17.2 Å². The number of Topliss-reactive ketones (excluding diaryl/α,β-unsaturated/α-hetero) is 1. The van der Waals surface area contributed by atoms with E-state index in [-0.39, 0.29) is 33.6 Å². The maximum Gasteiger partial charge on any atom is 0.409 e. The average molecular weight is 478 g/mol. The van der Waals surface area contributed by atoms with Crippen LogP contribution in [-0.4, -0.2) is 37.0 Å². The maximum absolute atomic E-state index is 14.6. The first kappa shape index (κ1) is 24.9. The Morgan fingerprint density at radius 2 is 1.66 bits per heavy atom. The highest BCUT2D eigenvalue weighted by molar-refractivity contribution is 6.12. The molecular weight excluding hydrogens is 458 g/mol. The largest absolute Gasteiger partial charge is 0.465 e. The minimum atomic E-state index is -1.42. The van der Waals surface area contributed by atoms with E-state index in [4.69, 9.17) is 5.26 Å². The summed E-state index contributed by atoms with van der Waals surface area (Å²) in [7, 11) is 3.26. The van der Waals surface area contributed by atoms with Crippen LogP contribution in [0.4, 0.5) is 30.6 Å². The lowest BCUT2D eigenvalue weighted by atomic mass is 10.00. The Morgan fingerprint density at radius 1 is 0.971 bits per heavy atom. The molecule has 0 aromatic heterocycles. The van der Waals surface area contributed by atoms with E-state index >= 15 is 0 Å². The Labute approximate surface area is 199 Å². The quantitative estimate of drug-likeness (QED) is 0.329. The summed E-state index contributed by atoms with van der Waals surface area (Å²) in [6.07, 6.45) is -2.01. The summed E-state index contributed by atoms with van der Waals surface area (Å²) in [5, 5.41) is 22.9. The molecule has 0 aliphatic carbocycles. The van der Waals surface area contributed by atoms with Gasteiger partial charge in [-0.1, -0.05) is 24.3 Å². The lowest BCUT2D eigenvalue weighted by molar-refractivity contribution is -0.115. The third kappa shape index (κ3) is 5.78. The second-order valence-electron chi connectivity index (χ2n) is 7.68. The Hall–Kier alpha value is -4.78. The molecule has 0 saturated heterocycles. The molecule has 0 radical (unpaired) electrons. The van der Waals surface area contributed by atoms with Crippen molar-refractivity contribution in [2.45, 2.75) is 6.42 Å². The van der Waals surface area contributed by atoms with Crippen LogP contribution in [0.1, 0.15) is 22.3 Å². The van der Waals surface area contributed by atoms with Gasteiger partial charge in [0.25, 0.3) is 0 Å². The minimum Gasteiger partial charge on any atom is -0.465 e. The summed E-state index contributed by atoms with van der Waals surface area (Å²) < 4.78 is 28.5. The molecular formula is C25H20F2N4O4. The predicted molar refractivity (Wildman–Crippen MR) is 127 cm³/mol. The van der Waals surface area contributed by atoms with Crippen LogP contribution in [0, 0.1) is 23.0 Å². The van der Waals surface area contributed by atoms with Gasteiger partial charge < -0.3 is 15.3 Å². The third-order valence-corrected chi connectivity index (χ3v) is 5.01. The van der Waals surface area contributed by atoms with Crippen molar-refractivity contribution < 1.29 is 28.3 Å². The molecule has 0 unspecified atom stereocenters.